The molecule has 23 heavy (non-hydrogen) atoms. The van der Waals surface area contributed by atoms with Crippen molar-refractivity contribution >= 4 is 10.9 Å². The first-order chi connectivity index (χ1) is 11.3. The van der Waals surface area contributed by atoms with Gasteiger partial charge in [0.25, 0.3) is 0 Å². The number of benzene rings is 1. The van der Waals surface area contributed by atoms with E-state index >= 15 is 0 Å². The normalized spacial score (nSPS) is 18.7. The van der Waals surface area contributed by atoms with E-state index in [9.17, 15) is 0 Å². The minimum Gasteiger partial charge on any atom is -0.337 e. The van der Waals surface area contributed by atoms with Crippen LogP contribution in [0.2, 0.25) is 0 Å². The highest BCUT2D eigenvalue weighted by atomic mass is 15.2. The molecule has 2 aromatic heterocycles. The van der Waals surface area contributed by atoms with E-state index in [1.165, 1.54) is 23.9 Å². The van der Waals surface area contributed by atoms with Gasteiger partial charge in [0, 0.05) is 37.6 Å². The van der Waals surface area contributed by atoms with Gasteiger partial charge in [-0.15, -0.1) is 0 Å². The Kier molecular flexibility index (Phi) is 3.83. The van der Waals surface area contributed by atoms with E-state index in [2.05, 4.69) is 50.7 Å². The van der Waals surface area contributed by atoms with E-state index in [-0.39, 0.29) is 0 Å². The molecule has 0 N–H and O–H groups in total. The summed E-state index contributed by atoms with van der Waals surface area (Å²) in [6.07, 6.45) is 8.18. The highest BCUT2D eigenvalue weighted by Gasteiger charge is 2.23. The average Bonchev–Trinajstić information content (AvgIpc) is 3.17. The highest BCUT2D eigenvalue weighted by Crippen LogP contribution is 2.23. The molecule has 4 nitrogen and oxygen atoms in total. The van der Waals surface area contributed by atoms with Crippen molar-refractivity contribution in [3.05, 3.63) is 60.3 Å². The number of hydrogen-bond donors (Lipinski definition) is 0. The van der Waals surface area contributed by atoms with Crippen molar-refractivity contribution in [3.8, 4) is 0 Å². The van der Waals surface area contributed by atoms with Gasteiger partial charge in [0.05, 0.1) is 12.1 Å². The fourth-order valence-corrected chi connectivity index (χ4v) is 3.56. The molecule has 0 bridgehead atoms. The summed E-state index contributed by atoms with van der Waals surface area (Å²) in [6, 6.07) is 10.8. The third-order valence-corrected chi connectivity index (χ3v) is 4.85. The largest absolute Gasteiger partial charge is 0.337 e. The first-order valence-electron chi connectivity index (χ1n) is 8.30. The molecule has 3 aromatic rings. The van der Waals surface area contributed by atoms with Crippen LogP contribution < -0.4 is 0 Å². The fraction of sp³-hybridized carbons (Fsp3) is 0.368. The average molecular weight is 306 g/mol. The van der Waals surface area contributed by atoms with E-state index in [4.69, 9.17) is 0 Å². The molecule has 3 heterocycles. The molecule has 4 rings (SSSR count). The van der Waals surface area contributed by atoms with Gasteiger partial charge in [0.15, 0.2) is 0 Å². The quantitative estimate of drug-likeness (QED) is 0.743. The minimum absolute atomic E-state index is 0.740. The number of aryl methyl sites for hydroxylation is 1. The summed E-state index contributed by atoms with van der Waals surface area (Å²) in [5.41, 5.74) is 2.51. The van der Waals surface area contributed by atoms with Crippen LogP contribution in [0.5, 0.6) is 0 Å². The number of aromatic nitrogens is 3. The van der Waals surface area contributed by atoms with Gasteiger partial charge in [-0.1, -0.05) is 12.1 Å². The van der Waals surface area contributed by atoms with E-state index in [1.54, 1.807) is 0 Å². The van der Waals surface area contributed by atoms with E-state index in [0.29, 0.717) is 0 Å². The molecule has 0 saturated carbocycles. The Balaban J connectivity index is 1.40. The first kappa shape index (κ1) is 14.4. The van der Waals surface area contributed by atoms with Gasteiger partial charge >= 0.3 is 0 Å². The Morgan fingerprint density at radius 3 is 3.00 bits per heavy atom. The van der Waals surface area contributed by atoms with Crippen molar-refractivity contribution in [2.75, 3.05) is 13.1 Å². The van der Waals surface area contributed by atoms with Gasteiger partial charge in [-0.3, -0.25) is 9.88 Å². The topological polar surface area (TPSA) is 34.0 Å². The Morgan fingerprint density at radius 2 is 2.13 bits per heavy atom. The zero-order chi connectivity index (χ0) is 15.6. The lowest BCUT2D eigenvalue weighted by molar-refractivity contribution is 0.305. The summed E-state index contributed by atoms with van der Waals surface area (Å²) in [4.78, 5) is 11.4. The number of imidazole rings is 1. The summed E-state index contributed by atoms with van der Waals surface area (Å²) in [5, 5.41) is 1.24. The van der Waals surface area contributed by atoms with Gasteiger partial charge in [-0.05, 0) is 49.1 Å². The van der Waals surface area contributed by atoms with E-state index in [0.717, 1.165) is 36.8 Å². The summed E-state index contributed by atoms with van der Waals surface area (Å²) in [7, 11) is 2.07. The number of likely N-dealkylation sites (tertiary alicyclic amines) is 1. The molecule has 118 valence electrons. The molecule has 4 heteroatoms. The predicted molar refractivity (Wildman–Crippen MR) is 92.0 cm³/mol. The molecule has 1 aromatic carbocycles. The van der Waals surface area contributed by atoms with Gasteiger partial charge in [-0.25, -0.2) is 4.98 Å². The molecule has 1 aliphatic rings. The maximum atomic E-state index is 4.44. The first-order valence-corrected chi connectivity index (χ1v) is 8.30. The van der Waals surface area contributed by atoms with E-state index in [1.807, 2.05) is 24.7 Å². The van der Waals surface area contributed by atoms with Gasteiger partial charge in [0.1, 0.15) is 5.82 Å². The third kappa shape index (κ3) is 3.13. The van der Waals surface area contributed by atoms with Crippen molar-refractivity contribution in [2.24, 2.45) is 13.0 Å². The summed E-state index contributed by atoms with van der Waals surface area (Å²) in [5.74, 6) is 1.90. The molecule has 1 fully saturated rings. The zero-order valence-corrected chi connectivity index (χ0v) is 13.5. The van der Waals surface area contributed by atoms with Crippen LogP contribution in [0, 0.1) is 5.92 Å². The van der Waals surface area contributed by atoms with Crippen molar-refractivity contribution in [1.29, 1.82) is 0 Å². The monoisotopic (exact) mass is 306 g/mol. The number of pyridine rings is 1. The second kappa shape index (κ2) is 6.13. The molecule has 0 unspecified atom stereocenters. The van der Waals surface area contributed by atoms with Crippen LogP contribution in [0.15, 0.2) is 48.9 Å². The second-order valence-electron chi connectivity index (χ2n) is 6.58. The van der Waals surface area contributed by atoms with Crippen LogP contribution in [0.25, 0.3) is 10.9 Å². The second-order valence-corrected chi connectivity index (χ2v) is 6.58. The maximum Gasteiger partial charge on any atom is 0.122 e. The molecule has 0 spiro atoms. The molecule has 0 radical (unpaired) electrons. The van der Waals surface area contributed by atoms with E-state index < -0.39 is 0 Å². The number of fused-ring (bicyclic) bond motifs is 1. The fourth-order valence-electron chi connectivity index (χ4n) is 3.56. The standard InChI is InChI=1S/C19H22N4/c1-22-10-8-21-19(22)14-23-9-6-16(13-23)11-15-4-5-18-17(12-15)3-2-7-20-18/h2-5,7-8,10,12,16H,6,9,11,13-14H2,1H3/t16-/m1/s1. The Morgan fingerprint density at radius 1 is 1.17 bits per heavy atom. The van der Waals surface area contributed by atoms with Crippen LogP contribution in [-0.2, 0) is 20.0 Å². The molecule has 1 atom stereocenters. The number of hydrogen-bond acceptors (Lipinski definition) is 3. The third-order valence-electron chi connectivity index (χ3n) is 4.85. The minimum atomic E-state index is 0.740. The van der Waals surface area contributed by atoms with Gasteiger partial charge in [0.2, 0.25) is 0 Å². The molecular weight excluding hydrogens is 284 g/mol. The molecular formula is C19H22N4. The Bertz CT molecular complexity index is 808. The summed E-state index contributed by atoms with van der Waals surface area (Å²) < 4.78 is 2.11. The maximum absolute atomic E-state index is 4.44. The summed E-state index contributed by atoms with van der Waals surface area (Å²) >= 11 is 0. The highest BCUT2D eigenvalue weighted by molar-refractivity contribution is 5.78. The van der Waals surface area contributed by atoms with Crippen LogP contribution in [0.3, 0.4) is 0 Å². The van der Waals surface area contributed by atoms with Crippen molar-refractivity contribution < 1.29 is 0 Å². The van der Waals surface area contributed by atoms with Crippen molar-refractivity contribution in [2.45, 2.75) is 19.4 Å². The van der Waals surface area contributed by atoms with Crippen LogP contribution >= 0.6 is 0 Å². The molecule has 1 aliphatic heterocycles. The Labute approximate surface area is 136 Å². The lowest BCUT2D eigenvalue weighted by Gasteiger charge is -2.16. The Hall–Kier alpha value is -2.20. The van der Waals surface area contributed by atoms with Gasteiger partial charge in [-0.2, -0.15) is 0 Å². The molecule has 0 aliphatic carbocycles. The molecule has 1 saturated heterocycles. The zero-order valence-electron chi connectivity index (χ0n) is 13.5. The van der Waals surface area contributed by atoms with Crippen molar-refractivity contribution in [3.63, 3.8) is 0 Å². The summed E-state index contributed by atoms with van der Waals surface area (Å²) in [6.45, 7) is 3.30. The van der Waals surface area contributed by atoms with Crippen LogP contribution in [0.4, 0.5) is 0 Å². The van der Waals surface area contributed by atoms with Crippen molar-refractivity contribution in [1.82, 2.24) is 19.4 Å². The molecule has 0 amide bonds. The lowest BCUT2D eigenvalue weighted by Crippen LogP contribution is -2.22. The predicted octanol–water partition coefficient (Wildman–Crippen LogP) is 3.03. The van der Waals surface area contributed by atoms with Crippen LogP contribution in [-0.4, -0.2) is 32.5 Å². The number of nitrogens with zero attached hydrogens (tertiary/aromatic N) is 4. The smallest absolute Gasteiger partial charge is 0.122 e. The number of rotatable bonds is 4. The lowest BCUT2D eigenvalue weighted by atomic mass is 9.97. The SMILES string of the molecule is Cn1ccnc1CN1CC[C@H](Cc2ccc3ncccc3c2)C1. The van der Waals surface area contributed by atoms with Gasteiger partial charge < -0.3 is 4.57 Å². The van der Waals surface area contributed by atoms with Crippen LogP contribution in [0.1, 0.15) is 17.8 Å².